The summed E-state index contributed by atoms with van der Waals surface area (Å²) in [6.45, 7) is 0.571. The first-order chi connectivity index (χ1) is 13.0. The molecule has 0 bridgehead atoms. The Morgan fingerprint density at radius 1 is 1.11 bits per heavy atom. The molecule has 0 aliphatic carbocycles. The summed E-state index contributed by atoms with van der Waals surface area (Å²) < 4.78 is 14.7. The largest absolute Gasteiger partial charge is 0.378 e. The Hall–Kier alpha value is -2.80. The van der Waals surface area contributed by atoms with E-state index in [4.69, 9.17) is 0 Å². The Labute approximate surface area is 162 Å². The molecule has 0 unspecified atom stereocenters. The Balaban J connectivity index is 1.57. The van der Waals surface area contributed by atoms with Crippen molar-refractivity contribution in [1.82, 2.24) is 9.78 Å². The molecular weight excluding hydrogens is 363 g/mol. The van der Waals surface area contributed by atoms with Crippen LogP contribution in [0.25, 0.3) is 0 Å². The van der Waals surface area contributed by atoms with Crippen LogP contribution in [0.2, 0.25) is 0 Å². The lowest BCUT2D eigenvalue weighted by atomic mass is 10.2. The smallest absolute Gasteiger partial charge is 0.235 e. The fraction of sp³-hybridized carbons (Fsp3) is 0.200. The molecule has 27 heavy (non-hydrogen) atoms. The second-order valence-electron chi connectivity index (χ2n) is 6.23. The van der Waals surface area contributed by atoms with Gasteiger partial charge in [0.15, 0.2) is 0 Å². The second-order valence-corrected chi connectivity index (χ2v) is 7.27. The van der Waals surface area contributed by atoms with E-state index in [1.165, 1.54) is 23.9 Å². The molecule has 140 valence electrons. The summed E-state index contributed by atoms with van der Waals surface area (Å²) in [4.78, 5) is 15.1. The minimum atomic E-state index is -0.286. The number of benzene rings is 2. The number of aromatic nitrogens is 2. The molecule has 0 fully saturated rings. The van der Waals surface area contributed by atoms with Crippen LogP contribution in [0.1, 0.15) is 5.56 Å². The van der Waals surface area contributed by atoms with Gasteiger partial charge in [-0.25, -0.2) is 9.07 Å². The first kappa shape index (κ1) is 19.0. The van der Waals surface area contributed by atoms with Crippen molar-refractivity contribution in [3.05, 3.63) is 72.2 Å². The van der Waals surface area contributed by atoms with Crippen molar-refractivity contribution in [3.8, 4) is 0 Å². The topological polar surface area (TPSA) is 50.2 Å². The number of thioether (sulfide) groups is 1. The van der Waals surface area contributed by atoms with Crippen LogP contribution >= 0.6 is 11.8 Å². The number of carbonyl (C=O) groups is 1. The average Bonchev–Trinajstić information content (AvgIpc) is 3.08. The molecule has 3 rings (SSSR count). The van der Waals surface area contributed by atoms with Gasteiger partial charge in [0.1, 0.15) is 11.6 Å². The van der Waals surface area contributed by atoms with Gasteiger partial charge in [0.25, 0.3) is 0 Å². The second kappa shape index (κ2) is 8.73. The third kappa shape index (κ3) is 5.34. The summed E-state index contributed by atoms with van der Waals surface area (Å²) >= 11 is 1.36. The highest BCUT2D eigenvalue weighted by molar-refractivity contribution is 8.00. The van der Waals surface area contributed by atoms with E-state index in [0.29, 0.717) is 12.4 Å². The number of hydrogen-bond donors (Lipinski definition) is 1. The van der Waals surface area contributed by atoms with Gasteiger partial charge in [0.2, 0.25) is 5.91 Å². The van der Waals surface area contributed by atoms with E-state index in [2.05, 4.69) is 22.5 Å². The van der Waals surface area contributed by atoms with Crippen LogP contribution in [-0.4, -0.2) is 35.5 Å². The van der Waals surface area contributed by atoms with Crippen molar-refractivity contribution in [3.63, 3.8) is 0 Å². The highest BCUT2D eigenvalue weighted by Crippen LogP contribution is 2.19. The van der Waals surface area contributed by atoms with Gasteiger partial charge in [0, 0.05) is 30.7 Å². The summed E-state index contributed by atoms with van der Waals surface area (Å²) in [5.74, 6) is 0.477. The van der Waals surface area contributed by atoms with Crippen LogP contribution in [0.15, 0.2) is 65.7 Å². The van der Waals surface area contributed by atoms with E-state index in [1.54, 1.807) is 29.1 Å². The number of hydrogen-bond acceptors (Lipinski definition) is 4. The molecular formula is C20H21FN4OS. The maximum Gasteiger partial charge on any atom is 0.235 e. The maximum absolute atomic E-state index is 12.9. The molecule has 0 aliphatic heterocycles. The molecule has 0 saturated heterocycles. The zero-order valence-electron chi connectivity index (χ0n) is 15.2. The molecule has 0 spiro atoms. The first-order valence-corrected chi connectivity index (χ1v) is 9.46. The molecule has 3 aromatic rings. The maximum atomic E-state index is 12.9. The molecule has 0 radical (unpaired) electrons. The van der Waals surface area contributed by atoms with Crippen LogP contribution in [0, 0.1) is 5.82 Å². The molecule has 5 nitrogen and oxygen atoms in total. The Morgan fingerprint density at radius 3 is 2.48 bits per heavy atom. The van der Waals surface area contributed by atoms with Crippen molar-refractivity contribution in [2.24, 2.45) is 0 Å². The molecule has 1 N–H and O–H groups in total. The van der Waals surface area contributed by atoms with Crippen LogP contribution in [0.5, 0.6) is 0 Å². The lowest BCUT2D eigenvalue weighted by Gasteiger charge is -2.13. The van der Waals surface area contributed by atoms with E-state index in [-0.39, 0.29) is 17.5 Å². The van der Waals surface area contributed by atoms with E-state index in [1.807, 2.05) is 31.1 Å². The van der Waals surface area contributed by atoms with Crippen molar-refractivity contribution < 1.29 is 9.18 Å². The van der Waals surface area contributed by atoms with Crippen LogP contribution in [-0.2, 0) is 11.3 Å². The third-order valence-corrected chi connectivity index (χ3v) is 4.96. The number of anilines is 2. The van der Waals surface area contributed by atoms with Gasteiger partial charge in [-0.15, -0.1) is 11.8 Å². The van der Waals surface area contributed by atoms with E-state index in [9.17, 15) is 9.18 Å². The fourth-order valence-corrected chi connectivity index (χ4v) is 3.19. The third-order valence-electron chi connectivity index (χ3n) is 3.95. The molecule has 0 aliphatic rings. The number of halogens is 1. The summed E-state index contributed by atoms with van der Waals surface area (Å²) in [5, 5.41) is 7.17. The minimum absolute atomic E-state index is 0.131. The van der Waals surface area contributed by atoms with Gasteiger partial charge in [-0.1, -0.05) is 12.1 Å². The van der Waals surface area contributed by atoms with Gasteiger partial charge in [-0.2, -0.15) is 5.10 Å². The van der Waals surface area contributed by atoms with E-state index < -0.39 is 0 Å². The highest BCUT2D eigenvalue weighted by atomic mass is 32.2. The van der Waals surface area contributed by atoms with Crippen molar-refractivity contribution in [1.29, 1.82) is 0 Å². The van der Waals surface area contributed by atoms with Crippen molar-refractivity contribution in [2.45, 2.75) is 11.4 Å². The van der Waals surface area contributed by atoms with E-state index >= 15 is 0 Å². The number of rotatable bonds is 7. The van der Waals surface area contributed by atoms with Gasteiger partial charge in [0.05, 0.1) is 18.5 Å². The Morgan fingerprint density at radius 2 is 1.81 bits per heavy atom. The summed E-state index contributed by atoms with van der Waals surface area (Å²) in [6, 6.07) is 16.1. The predicted octanol–water partition coefficient (Wildman–Crippen LogP) is 3.87. The zero-order valence-corrected chi connectivity index (χ0v) is 16.0. The number of amides is 1. The van der Waals surface area contributed by atoms with Crippen LogP contribution in [0.4, 0.5) is 15.9 Å². The SMILES string of the molecule is CN(C)c1ccc(Cn2nccc2NC(=O)CSc2ccc(F)cc2)cc1. The number of nitrogens with zero attached hydrogens (tertiary/aromatic N) is 3. The standard InChI is InChI=1S/C20H21FN4OS/c1-24(2)17-7-3-15(4-8-17)13-25-19(11-12-22-25)23-20(26)14-27-18-9-5-16(21)6-10-18/h3-12H,13-14H2,1-2H3,(H,23,26). The Kier molecular flexibility index (Phi) is 6.13. The van der Waals surface area contributed by atoms with Gasteiger partial charge in [-0.05, 0) is 42.0 Å². The normalized spacial score (nSPS) is 10.6. The van der Waals surface area contributed by atoms with E-state index in [0.717, 1.165) is 16.1 Å². The number of carbonyl (C=O) groups excluding carboxylic acids is 1. The molecule has 0 atom stereocenters. The lowest BCUT2D eigenvalue weighted by molar-refractivity contribution is -0.113. The number of nitrogens with one attached hydrogen (secondary N) is 1. The molecule has 7 heteroatoms. The van der Waals surface area contributed by atoms with Gasteiger partial charge >= 0.3 is 0 Å². The average molecular weight is 384 g/mol. The first-order valence-electron chi connectivity index (χ1n) is 8.47. The van der Waals surface area contributed by atoms with Crippen LogP contribution < -0.4 is 10.2 Å². The lowest BCUT2D eigenvalue weighted by Crippen LogP contribution is -2.17. The molecule has 1 aromatic heterocycles. The summed E-state index contributed by atoms with van der Waals surface area (Å²) in [6.07, 6.45) is 1.66. The van der Waals surface area contributed by atoms with Crippen molar-refractivity contribution >= 4 is 29.2 Å². The monoisotopic (exact) mass is 384 g/mol. The fourth-order valence-electron chi connectivity index (χ4n) is 2.50. The molecule has 2 aromatic carbocycles. The molecule has 1 heterocycles. The predicted molar refractivity (Wildman–Crippen MR) is 108 cm³/mol. The van der Waals surface area contributed by atoms with Gasteiger partial charge in [-0.3, -0.25) is 4.79 Å². The molecule has 0 saturated carbocycles. The Bertz CT molecular complexity index is 891. The van der Waals surface area contributed by atoms with Crippen LogP contribution in [0.3, 0.4) is 0 Å². The quantitative estimate of drug-likeness (QED) is 0.629. The summed E-state index contributed by atoms with van der Waals surface area (Å²) in [5.41, 5.74) is 2.23. The highest BCUT2D eigenvalue weighted by Gasteiger charge is 2.09. The summed E-state index contributed by atoms with van der Waals surface area (Å²) in [7, 11) is 4.00. The minimum Gasteiger partial charge on any atom is -0.378 e. The van der Waals surface area contributed by atoms with Crippen molar-refractivity contribution in [2.75, 3.05) is 30.1 Å². The van der Waals surface area contributed by atoms with Gasteiger partial charge < -0.3 is 10.2 Å². The zero-order chi connectivity index (χ0) is 19.2. The molecule has 1 amide bonds.